The van der Waals surface area contributed by atoms with Gasteiger partial charge in [-0.2, -0.15) is 0 Å². The number of nitrogens with zero attached hydrogens (tertiary/aromatic N) is 3. The number of aromatic nitrogens is 3. The van der Waals surface area contributed by atoms with Crippen molar-refractivity contribution < 1.29 is 14.3 Å². The molecule has 21 heavy (non-hydrogen) atoms. The molecule has 0 aliphatic carbocycles. The molecule has 1 aromatic heterocycles. The number of benzene rings is 1. The molecular formula is C12H15N5O3S. The second-order valence-electron chi connectivity index (χ2n) is 3.92. The van der Waals surface area contributed by atoms with E-state index in [1.165, 1.54) is 29.9 Å². The van der Waals surface area contributed by atoms with Crippen LogP contribution in [0.5, 0.6) is 11.5 Å². The normalized spacial score (nSPS) is 10.2. The zero-order valence-corrected chi connectivity index (χ0v) is 12.4. The molecule has 0 fully saturated rings. The van der Waals surface area contributed by atoms with Gasteiger partial charge in [-0.1, -0.05) is 11.8 Å². The van der Waals surface area contributed by atoms with E-state index in [2.05, 4.69) is 15.5 Å². The van der Waals surface area contributed by atoms with Gasteiger partial charge in [0.05, 0.1) is 25.7 Å². The van der Waals surface area contributed by atoms with E-state index in [1.54, 1.807) is 25.3 Å². The molecule has 3 N–H and O–H groups in total. The lowest BCUT2D eigenvalue weighted by Crippen LogP contribution is -2.16. The molecule has 0 spiro atoms. The van der Waals surface area contributed by atoms with Crippen LogP contribution in [0.2, 0.25) is 0 Å². The van der Waals surface area contributed by atoms with Gasteiger partial charge in [0, 0.05) is 6.07 Å². The summed E-state index contributed by atoms with van der Waals surface area (Å²) in [5, 5.41) is 10.6. The van der Waals surface area contributed by atoms with E-state index in [9.17, 15) is 4.79 Å². The Kier molecular flexibility index (Phi) is 4.88. The fourth-order valence-electron chi connectivity index (χ4n) is 1.56. The van der Waals surface area contributed by atoms with Gasteiger partial charge in [0.1, 0.15) is 17.8 Å². The molecule has 0 aliphatic rings. The van der Waals surface area contributed by atoms with Crippen molar-refractivity contribution in [1.82, 2.24) is 14.9 Å². The quantitative estimate of drug-likeness (QED) is 0.599. The first kappa shape index (κ1) is 15.0. The SMILES string of the molecule is COc1ccc(OC)c(NC(=O)CSc2nncn2N)c1. The van der Waals surface area contributed by atoms with Gasteiger partial charge in [-0.3, -0.25) is 4.79 Å². The van der Waals surface area contributed by atoms with Crippen LogP contribution >= 0.6 is 11.8 Å². The van der Waals surface area contributed by atoms with Crippen molar-refractivity contribution in [2.24, 2.45) is 0 Å². The summed E-state index contributed by atoms with van der Waals surface area (Å²) in [5.41, 5.74) is 0.539. The number of anilines is 1. The first-order valence-electron chi connectivity index (χ1n) is 5.94. The average Bonchev–Trinajstić information content (AvgIpc) is 2.90. The third kappa shape index (κ3) is 3.78. The van der Waals surface area contributed by atoms with Gasteiger partial charge < -0.3 is 20.6 Å². The number of nitrogens with two attached hydrogens (primary N) is 1. The molecule has 0 saturated heterocycles. The van der Waals surface area contributed by atoms with Crippen LogP contribution in [0.1, 0.15) is 0 Å². The molecule has 0 bridgehead atoms. The number of rotatable bonds is 6. The lowest BCUT2D eigenvalue weighted by Gasteiger charge is -2.11. The Balaban J connectivity index is 2.00. The van der Waals surface area contributed by atoms with Gasteiger partial charge in [-0.15, -0.1) is 10.2 Å². The van der Waals surface area contributed by atoms with Crippen molar-refractivity contribution >= 4 is 23.4 Å². The van der Waals surface area contributed by atoms with Crippen LogP contribution in [0.4, 0.5) is 5.69 Å². The number of amides is 1. The van der Waals surface area contributed by atoms with E-state index in [0.29, 0.717) is 22.3 Å². The zero-order chi connectivity index (χ0) is 15.2. The van der Waals surface area contributed by atoms with Crippen molar-refractivity contribution in [3.63, 3.8) is 0 Å². The first-order chi connectivity index (χ1) is 10.1. The van der Waals surface area contributed by atoms with Gasteiger partial charge in [0.2, 0.25) is 11.1 Å². The number of thioether (sulfide) groups is 1. The van der Waals surface area contributed by atoms with Crippen LogP contribution in [0, 0.1) is 0 Å². The van der Waals surface area contributed by atoms with Crippen molar-refractivity contribution in [1.29, 1.82) is 0 Å². The van der Waals surface area contributed by atoms with Gasteiger partial charge in [0.25, 0.3) is 0 Å². The summed E-state index contributed by atoms with van der Waals surface area (Å²) in [6.45, 7) is 0. The molecule has 0 saturated carbocycles. The van der Waals surface area contributed by atoms with Gasteiger partial charge in [-0.25, -0.2) is 4.68 Å². The molecule has 1 amide bonds. The molecule has 2 rings (SSSR count). The van der Waals surface area contributed by atoms with E-state index in [1.807, 2.05) is 0 Å². The number of hydrogen-bond donors (Lipinski definition) is 2. The van der Waals surface area contributed by atoms with Crippen molar-refractivity contribution in [3.05, 3.63) is 24.5 Å². The maximum atomic E-state index is 12.0. The van der Waals surface area contributed by atoms with Gasteiger partial charge in [-0.05, 0) is 12.1 Å². The largest absolute Gasteiger partial charge is 0.497 e. The number of ether oxygens (including phenoxy) is 2. The highest BCUT2D eigenvalue weighted by Crippen LogP contribution is 2.29. The Bertz CT molecular complexity index is 631. The molecule has 0 unspecified atom stereocenters. The molecule has 1 aromatic carbocycles. The number of nitrogen functional groups attached to an aromatic ring is 1. The molecule has 0 aliphatic heterocycles. The average molecular weight is 309 g/mol. The van der Waals surface area contributed by atoms with Crippen LogP contribution < -0.4 is 20.6 Å². The molecule has 112 valence electrons. The fourth-order valence-corrected chi connectivity index (χ4v) is 2.20. The maximum Gasteiger partial charge on any atom is 0.234 e. The minimum Gasteiger partial charge on any atom is -0.497 e. The molecule has 0 atom stereocenters. The van der Waals surface area contributed by atoms with Crippen LogP contribution in [0.15, 0.2) is 29.7 Å². The van der Waals surface area contributed by atoms with Crippen LogP contribution in [0.25, 0.3) is 0 Å². The van der Waals surface area contributed by atoms with Crippen LogP contribution in [-0.4, -0.2) is 40.8 Å². The van der Waals surface area contributed by atoms with E-state index < -0.39 is 0 Å². The topological polar surface area (TPSA) is 104 Å². The molecular weight excluding hydrogens is 294 g/mol. The molecule has 0 radical (unpaired) electrons. The highest BCUT2D eigenvalue weighted by molar-refractivity contribution is 7.99. The summed E-state index contributed by atoms with van der Waals surface area (Å²) >= 11 is 1.18. The van der Waals surface area contributed by atoms with Gasteiger partial charge in [0.15, 0.2) is 0 Å². The Hall–Kier alpha value is -2.42. The number of hydrogen-bond acceptors (Lipinski definition) is 7. The zero-order valence-electron chi connectivity index (χ0n) is 11.6. The van der Waals surface area contributed by atoms with Crippen molar-refractivity contribution in [3.8, 4) is 11.5 Å². The fraction of sp³-hybridized carbons (Fsp3) is 0.250. The lowest BCUT2D eigenvalue weighted by molar-refractivity contribution is -0.113. The van der Waals surface area contributed by atoms with E-state index in [0.717, 1.165) is 0 Å². The standard InChI is InChI=1S/C12H15N5O3S/c1-19-8-3-4-10(20-2)9(5-8)15-11(18)6-21-12-16-14-7-17(12)13/h3-5,7H,6,13H2,1-2H3,(H,15,18). The summed E-state index contributed by atoms with van der Waals surface area (Å²) in [6, 6.07) is 5.16. The highest BCUT2D eigenvalue weighted by atomic mass is 32.2. The summed E-state index contributed by atoms with van der Waals surface area (Å²) in [7, 11) is 3.08. The number of carbonyl (C=O) groups is 1. The molecule has 9 heteroatoms. The van der Waals surface area contributed by atoms with Crippen molar-refractivity contribution in [2.75, 3.05) is 31.1 Å². The highest BCUT2D eigenvalue weighted by Gasteiger charge is 2.11. The summed E-state index contributed by atoms with van der Waals surface area (Å²) in [6.07, 6.45) is 1.37. The van der Waals surface area contributed by atoms with Crippen molar-refractivity contribution in [2.45, 2.75) is 5.16 Å². The predicted molar refractivity (Wildman–Crippen MR) is 79.1 cm³/mol. The number of carbonyl (C=O) groups excluding carboxylic acids is 1. The second kappa shape index (κ2) is 6.84. The third-order valence-electron chi connectivity index (χ3n) is 2.55. The van der Waals surface area contributed by atoms with Gasteiger partial charge >= 0.3 is 0 Å². The smallest absolute Gasteiger partial charge is 0.234 e. The Labute approximate surface area is 125 Å². The van der Waals surface area contributed by atoms with Crippen LogP contribution in [0.3, 0.4) is 0 Å². The van der Waals surface area contributed by atoms with E-state index in [4.69, 9.17) is 15.3 Å². The molecule has 2 aromatic rings. The Morgan fingerprint density at radius 1 is 1.43 bits per heavy atom. The predicted octanol–water partition coefficient (Wildman–Crippen LogP) is 0.740. The number of nitrogens with one attached hydrogen (secondary N) is 1. The van der Waals surface area contributed by atoms with Crippen LogP contribution in [-0.2, 0) is 4.79 Å². The summed E-state index contributed by atoms with van der Waals surface area (Å²) in [5.74, 6) is 6.68. The van der Waals surface area contributed by atoms with E-state index in [-0.39, 0.29) is 11.7 Å². The summed E-state index contributed by atoms with van der Waals surface area (Å²) in [4.78, 5) is 12.0. The minimum atomic E-state index is -0.213. The molecule has 8 nitrogen and oxygen atoms in total. The Morgan fingerprint density at radius 3 is 2.86 bits per heavy atom. The lowest BCUT2D eigenvalue weighted by atomic mass is 10.2. The second-order valence-corrected chi connectivity index (χ2v) is 4.87. The van der Waals surface area contributed by atoms with E-state index >= 15 is 0 Å². The maximum absolute atomic E-state index is 12.0. The third-order valence-corrected chi connectivity index (χ3v) is 3.51. The Morgan fingerprint density at radius 2 is 2.24 bits per heavy atom. The first-order valence-corrected chi connectivity index (χ1v) is 6.92. The molecule has 1 heterocycles. The monoisotopic (exact) mass is 309 g/mol. The minimum absolute atomic E-state index is 0.149. The number of methoxy groups -OCH3 is 2. The summed E-state index contributed by atoms with van der Waals surface area (Å²) < 4.78 is 11.6.